The zero-order valence-electron chi connectivity index (χ0n) is 17.5. The van der Waals surface area contributed by atoms with Gasteiger partial charge in [-0.15, -0.1) is 11.8 Å². The van der Waals surface area contributed by atoms with Crippen molar-refractivity contribution in [2.75, 3.05) is 24.3 Å². The molecule has 32 heavy (non-hydrogen) atoms. The number of carbonyl (C=O) groups excluding carboxylic acids is 2. The van der Waals surface area contributed by atoms with E-state index >= 15 is 0 Å². The van der Waals surface area contributed by atoms with Crippen LogP contribution in [0.4, 0.5) is 5.69 Å². The van der Waals surface area contributed by atoms with Crippen LogP contribution in [0.5, 0.6) is 5.75 Å². The van der Waals surface area contributed by atoms with Gasteiger partial charge in [-0.05, 0) is 48.0 Å². The van der Waals surface area contributed by atoms with Gasteiger partial charge in [0.1, 0.15) is 5.75 Å². The highest BCUT2D eigenvalue weighted by atomic mass is 35.5. The van der Waals surface area contributed by atoms with Crippen molar-refractivity contribution >= 4 is 40.9 Å². The largest absolute Gasteiger partial charge is 0.497 e. The molecule has 1 fully saturated rings. The molecule has 0 bridgehead atoms. The third kappa shape index (κ3) is 3.26. The molecule has 2 heterocycles. The Hall–Kier alpha value is -2.96. The average Bonchev–Trinajstić information content (AvgIpc) is 3.36. The standard InChI is InChI=1S/C25H21ClN2O3S/c1-31-20-11-12-22-21(15-20)25(24(30)27(22)16-17-5-3-2-4-6-17)28(13-14-32-25)23(29)18-7-9-19(26)10-8-18/h2-12,15H,13-14,16H2,1H3/t25-/m0/s1. The third-order valence-corrected chi connectivity index (χ3v) is 7.59. The molecule has 0 radical (unpaired) electrons. The minimum absolute atomic E-state index is 0.102. The highest BCUT2D eigenvalue weighted by Gasteiger charge is 2.59. The number of thioether (sulfide) groups is 1. The summed E-state index contributed by atoms with van der Waals surface area (Å²) in [6, 6.07) is 22.3. The number of nitrogens with zero attached hydrogens (tertiary/aromatic N) is 2. The van der Waals surface area contributed by atoms with Crippen LogP contribution in [0.3, 0.4) is 0 Å². The molecule has 0 N–H and O–H groups in total. The summed E-state index contributed by atoms with van der Waals surface area (Å²) in [4.78, 5) is 30.0. The summed E-state index contributed by atoms with van der Waals surface area (Å²) < 4.78 is 5.47. The molecular weight excluding hydrogens is 444 g/mol. The van der Waals surface area contributed by atoms with Crippen molar-refractivity contribution < 1.29 is 14.3 Å². The minimum atomic E-state index is -1.12. The van der Waals surface area contributed by atoms with Gasteiger partial charge in [0, 0.05) is 28.4 Å². The van der Waals surface area contributed by atoms with Gasteiger partial charge in [-0.25, -0.2) is 0 Å². The van der Waals surface area contributed by atoms with E-state index in [0.717, 1.165) is 16.8 Å². The van der Waals surface area contributed by atoms with Gasteiger partial charge in [0.25, 0.3) is 11.8 Å². The fourth-order valence-electron chi connectivity index (χ4n) is 4.39. The second-order valence-electron chi connectivity index (χ2n) is 7.72. The van der Waals surface area contributed by atoms with E-state index in [-0.39, 0.29) is 11.8 Å². The van der Waals surface area contributed by atoms with E-state index in [1.165, 1.54) is 11.8 Å². The van der Waals surface area contributed by atoms with Crippen LogP contribution in [0.25, 0.3) is 0 Å². The Morgan fingerprint density at radius 1 is 1.09 bits per heavy atom. The first-order chi connectivity index (χ1) is 15.5. The maximum Gasteiger partial charge on any atom is 0.268 e. The lowest BCUT2D eigenvalue weighted by Gasteiger charge is -2.33. The van der Waals surface area contributed by atoms with Gasteiger partial charge in [0.15, 0.2) is 4.87 Å². The maximum absolute atomic E-state index is 14.0. The Bertz CT molecular complexity index is 1190. The second kappa shape index (κ2) is 8.19. The summed E-state index contributed by atoms with van der Waals surface area (Å²) in [6.45, 7) is 0.915. The highest BCUT2D eigenvalue weighted by molar-refractivity contribution is 8.01. The Labute approximate surface area is 195 Å². The summed E-state index contributed by atoms with van der Waals surface area (Å²) >= 11 is 7.52. The van der Waals surface area contributed by atoms with Crippen LogP contribution in [0.1, 0.15) is 21.5 Å². The van der Waals surface area contributed by atoms with Crippen LogP contribution >= 0.6 is 23.4 Å². The lowest BCUT2D eigenvalue weighted by molar-refractivity contribution is -0.123. The number of hydrogen-bond donors (Lipinski definition) is 0. The smallest absolute Gasteiger partial charge is 0.268 e. The molecule has 1 saturated heterocycles. The molecule has 3 aromatic rings. The zero-order chi connectivity index (χ0) is 22.3. The van der Waals surface area contributed by atoms with Crippen LogP contribution in [0.15, 0.2) is 72.8 Å². The monoisotopic (exact) mass is 464 g/mol. The molecule has 5 rings (SSSR count). The van der Waals surface area contributed by atoms with Gasteiger partial charge in [0.2, 0.25) is 0 Å². The number of fused-ring (bicyclic) bond motifs is 2. The van der Waals surface area contributed by atoms with Gasteiger partial charge >= 0.3 is 0 Å². The normalized spacial score (nSPS) is 19.5. The van der Waals surface area contributed by atoms with Gasteiger partial charge in [-0.1, -0.05) is 41.9 Å². The Balaban J connectivity index is 1.61. The molecule has 0 aliphatic carbocycles. The van der Waals surface area contributed by atoms with E-state index in [9.17, 15) is 9.59 Å². The van der Waals surface area contributed by atoms with Crippen LogP contribution in [-0.2, 0) is 16.2 Å². The Morgan fingerprint density at radius 2 is 1.84 bits per heavy atom. The fourth-order valence-corrected chi connectivity index (χ4v) is 5.97. The Morgan fingerprint density at radius 3 is 2.56 bits per heavy atom. The van der Waals surface area contributed by atoms with Crippen molar-refractivity contribution in [2.45, 2.75) is 11.4 Å². The summed E-state index contributed by atoms with van der Waals surface area (Å²) in [7, 11) is 1.60. The molecule has 1 spiro atoms. The number of carbonyl (C=O) groups is 2. The quantitative estimate of drug-likeness (QED) is 0.549. The van der Waals surface area contributed by atoms with Crippen LogP contribution in [0, 0.1) is 0 Å². The molecule has 2 aliphatic rings. The van der Waals surface area contributed by atoms with Gasteiger partial charge < -0.3 is 14.5 Å². The molecule has 7 heteroatoms. The Kier molecular flexibility index (Phi) is 5.35. The summed E-state index contributed by atoms with van der Waals surface area (Å²) in [5.41, 5.74) is 3.14. The first-order valence-electron chi connectivity index (χ1n) is 10.3. The number of ether oxygens (including phenoxy) is 1. The van der Waals surface area contributed by atoms with E-state index in [4.69, 9.17) is 16.3 Å². The van der Waals surface area contributed by atoms with Crippen molar-refractivity contribution in [3.63, 3.8) is 0 Å². The molecule has 3 aromatic carbocycles. The van der Waals surface area contributed by atoms with E-state index < -0.39 is 4.87 Å². The molecule has 162 valence electrons. The lowest BCUT2D eigenvalue weighted by atomic mass is 10.0. The second-order valence-corrected chi connectivity index (χ2v) is 9.44. The van der Waals surface area contributed by atoms with Crippen molar-refractivity contribution in [3.05, 3.63) is 94.5 Å². The highest BCUT2D eigenvalue weighted by Crippen LogP contribution is 2.55. The number of halogens is 1. The lowest BCUT2D eigenvalue weighted by Crippen LogP contribution is -2.50. The average molecular weight is 465 g/mol. The number of amides is 2. The number of rotatable bonds is 4. The van der Waals surface area contributed by atoms with E-state index in [2.05, 4.69) is 0 Å². The van der Waals surface area contributed by atoms with Gasteiger partial charge in [-0.3, -0.25) is 9.59 Å². The molecule has 2 aliphatic heterocycles. The van der Waals surface area contributed by atoms with Crippen molar-refractivity contribution in [2.24, 2.45) is 0 Å². The fraction of sp³-hybridized carbons (Fsp3) is 0.200. The molecule has 2 amide bonds. The van der Waals surface area contributed by atoms with E-state index in [1.807, 2.05) is 48.5 Å². The number of anilines is 1. The predicted molar refractivity (Wildman–Crippen MR) is 127 cm³/mol. The number of hydrogen-bond acceptors (Lipinski definition) is 4. The molecule has 0 unspecified atom stereocenters. The van der Waals surface area contributed by atoms with Crippen LogP contribution < -0.4 is 9.64 Å². The topological polar surface area (TPSA) is 49.9 Å². The van der Waals surface area contributed by atoms with Crippen molar-refractivity contribution in [1.29, 1.82) is 0 Å². The van der Waals surface area contributed by atoms with Crippen molar-refractivity contribution in [1.82, 2.24) is 4.90 Å². The van der Waals surface area contributed by atoms with Gasteiger partial charge in [0.05, 0.1) is 19.3 Å². The van der Waals surface area contributed by atoms with Crippen LogP contribution in [0.2, 0.25) is 5.02 Å². The van der Waals surface area contributed by atoms with Crippen LogP contribution in [-0.4, -0.2) is 36.1 Å². The number of benzene rings is 3. The summed E-state index contributed by atoms with van der Waals surface area (Å²) in [5.74, 6) is 1.04. The zero-order valence-corrected chi connectivity index (χ0v) is 19.0. The molecule has 0 aromatic heterocycles. The first kappa shape index (κ1) is 20.9. The first-order valence-corrected chi connectivity index (χ1v) is 11.7. The maximum atomic E-state index is 14.0. The molecule has 5 nitrogen and oxygen atoms in total. The number of methoxy groups -OCH3 is 1. The van der Waals surface area contributed by atoms with Gasteiger partial charge in [-0.2, -0.15) is 0 Å². The molecular formula is C25H21ClN2O3S. The SMILES string of the molecule is COc1ccc2c(c1)[C@]1(SCCN1C(=O)c1ccc(Cl)cc1)C(=O)N2Cc1ccccc1. The predicted octanol–water partition coefficient (Wildman–Crippen LogP) is 4.94. The third-order valence-electron chi connectivity index (χ3n) is 5.92. The minimum Gasteiger partial charge on any atom is -0.497 e. The summed E-state index contributed by atoms with van der Waals surface area (Å²) in [5, 5.41) is 0.563. The van der Waals surface area contributed by atoms with E-state index in [0.29, 0.717) is 35.2 Å². The van der Waals surface area contributed by atoms with E-state index in [1.54, 1.807) is 41.2 Å². The van der Waals surface area contributed by atoms with Crippen molar-refractivity contribution in [3.8, 4) is 5.75 Å². The summed E-state index contributed by atoms with van der Waals surface area (Å²) in [6.07, 6.45) is 0. The molecule has 1 atom stereocenters. The molecule has 0 saturated carbocycles.